The van der Waals surface area contributed by atoms with Gasteiger partial charge in [-0.25, -0.2) is 4.79 Å². The van der Waals surface area contributed by atoms with E-state index in [0.29, 0.717) is 18.8 Å². The standard InChI is InChI=1S/C22H26N2O5/c1-27-15-5-3-4-13-14-6-9-23-10-7-16-21(8-11-29-16)12-22(26,20(25)28-2)24(17(13)15)18(14)19(21)23/h3-5,16,19,26H,6-12H2,1-2H3/t16?,19-,21-,22+/m1/s1. The zero-order chi connectivity index (χ0) is 20.0. The maximum absolute atomic E-state index is 13.1. The molecule has 0 aliphatic carbocycles. The van der Waals surface area contributed by atoms with Gasteiger partial charge in [0.15, 0.2) is 0 Å². The number of methoxy groups -OCH3 is 2. The summed E-state index contributed by atoms with van der Waals surface area (Å²) in [5.74, 6) is 0.0426. The number of carbonyl (C=O) groups is 1. The molecule has 4 atom stereocenters. The molecule has 0 saturated carbocycles. The summed E-state index contributed by atoms with van der Waals surface area (Å²) in [6.07, 6.45) is 3.02. The molecular formula is C22H26N2O5. The highest BCUT2D eigenvalue weighted by Crippen LogP contribution is 2.63. The molecule has 29 heavy (non-hydrogen) atoms. The fraction of sp³-hybridized carbons (Fsp3) is 0.591. The van der Waals surface area contributed by atoms with Gasteiger partial charge in [-0.05, 0) is 30.9 Å². The van der Waals surface area contributed by atoms with Crippen molar-refractivity contribution in [3.05, 3.63) is 29.5 Å². The Kier molecular flexibility index (Phi) is 3.51. The van der Waals surface area contributed by atoms with Crippen molar-refractivity contribution < 1.29 is 24.1 Å². The normalized spacial score (nSPS) is 35.3. The number of hydrogen-bond donors (Lipinski definition) is 1. The van der Waals surface area contributed by atoms with Gasteiger partial charge in [0.2, 0.25) is 5.72 Å². The molecule has 154 valence electrons. The highest BCUT2D eigenvalue weighted by molar-refractivity contribution is 5.94. The van der Waals surface area contributed by atoms with E-state index in [1.807, 2.05) is 16.7 Å². The zero-order valence-corrected chi connectivity index (χ0v) is 16.8. The van der Waals surface area contributed by atoms with Crippen LogP contribution in [0.3, 0.4) is 0 Å². The smallest absolute Gasteiger partial charge is 0.359 e. The van der Waals surface area contributed by atoms with Gasteiger partial charge in [-0.15, -0.1) is 0 Å². The lowest BCUT2D eigenvalue weighted by Gasteiger charge is -2.58. The minimum Gasteiger partial charge on any atom is -0.495 e. The van der Waals surface area contributed by atoms with Crippen molar-refractivity contribution >= 4 is 16.9 Å². The Morgan fingerprint density at radius 1 is 1.31 bits per heavy atom. The molecule has 5 heterocycles. The molecule has 7 heteroatoms. The number of hydrogen-bond acceptors (Lipinski definition) is 6. The minimum absolute atomic E-state index is 0.0551. The van der Waals surface area contributed by atoms with E-state index in [4.69, 9.17) is 14.2 Å². The quantitative estimate of drug-likeness (QED) is 0.780. The molecule has 4 aliphatic rings. The fourth-order valence-corrected chi connectivity index (χ4v) is 6.77. The zero-order valence-electron chi connectivity index (χ0n) is 16.8. The van der Waals surface area contributed by atoms with Crippen LogP contribution in [0.25, 0.3) is 10.9 Å². The van der Waals surface area contributed by atoms with Gasteiger partial charge in [0.05, 0.1) is 31.9 Å². The van der Waals surface area contributed by atoms with Gasteiger partial charge in [-0.2, -0.15) is 0 Å². The van der Waals surface area contributed by atoms with Crippen LogP contribution < -0.4 is 4.74 Å². The number of esters is 1. The maximum Gasteiger partial charge on any atom is 0.359 e. The van der Waals surface area contributed by atoms with E-state index in [1.54, 1.807) is 7.11 Å². The lowest BCUT2D eigenvalue weighted by Crippen LogP contribution is -2.63. The van der Waals surface area contributed by atoms with Gasteiger partial charge >= 0.3 is 5.97 Å². The lowest BCUT2D eigenvalue weighted by molar-refractivity contribution is -0.199. The van der Waals surface area contributed by atoms with Crippen molar-refractivity contribution in [3.8, 4) is 5.75 Å². The molecule has 1 aromatic heterocycles. The summed E-state index contributed by atoms with van der Waals surface area (Å²) in [5.41, 5.74) is 0.983. The molecule has 0 amide bonds. The van der Waals surface area contributed by atoms with Crippen LogP contribution in [0.5, 0.6) is 5.75 Å². The predicted molar refractivity (Wildman–Crippen MR) is 105 cm³/mol. The number of nitrogens with zero attached hydrogens (tertiary/aromatic N) is 2. The first-order valence-electron chi connectivity index (χ1n) is 10.4. The number of ether oxygens (including phenoxy) is 3. The molecule has 2 saturated heterocycles. The van der Waals surface area contributed by atoms with Crippen molar-refractivity contribution in [2.24, 2.45) is 5.41 Å². The first-order valence-corrected chi connectivity index (χ1v) is 10.4. The third-order valence-electron chi connectivity index (χ3n) is 7.80. The topological polar surface area (TPSA) is 73.2 Å². The number of para-hydroxylation sites is 1. The van der Waals surface area contributed by atoms with Crippen LogP contribution in [0, 0.1) is 5.41 Å². The highest BCUT2D eigenvalue weighted by Gasteiger charge is 2.65. The monoisotopic (exact) mass is 398 g/mol. The first kappa shape index (κ1) is 17.7. The summed E-state index contributed by atoms with van der Waals surface area (Å²) >= 11 is 0. The number of aliphatic hydroxyl groups is 1. The second kappa shape index (κ2) is 5.74. The Balaban J connectivity index is 1.75. The van der Waals surface area contributed by atoms with Gasteiger partial charge in [0.1, 0.15) is 5.75 Å². The molecule has 6 rings (SSSR count). The summed E-state index contributed by atoms with van der Waals surface area (Å²) in [6.45, 7) is 2.64. The number of carbonyl (C=O) groups excluding carboxylic acids is 1. The number of fused-ring (bicyclic) bond motifs is 3. The van der Waals surface area contributed by atoms with E-state index < -0.39 is 11.7 Å². The van der Waals surface area contributed by atoms with Gasteiger partial charge < -0.3 is 23.9 Å². The molecule has 0 bridgehead atoms. The maximum atomic E-state index is 13.1. The molecule has 1 N–H and O–H groups in total. The van der Waals surface area contributed by atoms with Crippen LogP contribution in [-0.4, -0.2) is 60.6 Å². The Bertz CT molecular complexity index is 1030. The molecule has 1 aromatic carbocycles. The van der Waals surface area contributed by atoms with Crippen LogP contribution in [0.15, 0.2) is 18.2 Å². The van der Waals surface area contributed by atoms with E-state index in [0.717, 1.165) is 48.9 Å². The van der Waals surface area contributed by atoms with Gasteiger partial charge in [-0.1, -0.05) is 12.1 Å². The van der Waals surface area contributed by atoms with Crippen LogP contribution >= 0.6 is 0 Å². The fourth-order valence-electron chi connectivity index (χ4n) is 6.77. The number of piperidine rings is 1. The summed E-state index contributed by atoms with van der Waals surface area (Å²) in [5, 5.41) is 13.0. The summed E-state index contributed by atoms with van der Waals surface area (Å²) in [6, 6.07) is 6.07. The largest absolute Gasteiger partial charge is 0.495 e. The van der Waals surface area contributed by atoms with Crippen LogP contribution in [-0.2, 0) is 26.4 Å². The van der Waals surface area contributed by atoms with Crippen LogP contribution in [0.1, 0.15) is 36.6 Å². The molecule has 0 radical (unpaired) electrons. The molecule has 2 aromatic rings. The second-order valence-electron chi connectivity index (χ2n) is 8.86. The van der Waals surface area contributed by atoms with E-state index in [-0.39, 0.29) is 17.6 Å². The molecule has 1 spiro atoms. The Hall–Kier alpha value is -2.09. The summed E-state index contributed by atoms with van der Waals surface area (Å²) in [4.78, 5) is 15.6. The van der Waals surface area contributed by atoms with Crippen LogP contribution in [0.4, 0.5) is 0 Å². The molecule has 2 fully saturated rings. The second-order valence-corrected chi connectivity index (χ2v) is 8.86. The average molecular weight is 398 g/mol. The SMILES string of the molecule is COC(=O)[C@@]1(O)C[C@]23CCOC2CCN2CCc4c(n1c1c(OC)cccc41)[C@@H]23. The van der Waals surface area contributed by atoms with Crippen molar-refractivity contribution in [1.29, 1.82) is 0 Å². The molecule has 1 unspecified atom stereocenters. The summed E-state index contributed by atoms with van der Waals surface area (Å²) in [7, 11) is 2.97. The van der Waals surface area contributed by atoms with Crippen LogP contribution in [0.2, 0.25) is 0 Å². The van der Waals surface area contributed by atoms with Crippen molar-refractivity contribution in [2.75, 3.05) is 33.9 Å². The number of aromatic nitrogens is 1. The van der Waals surface area contributed by atoms with E-state index in [1.165, 1.54) is 12.7 Å². The number of rotatable bonds is 2. The van der Waals surface area contributed by atoms with E-state index in [9.17, 15) is 9.90 Å². The van der Waals surface area contributed by atoms with Gasteiger partial charge in [0, 0.05) is 42.6 Å². The minimum atomic E-state index is -1.78. The molecular weight excluding hydrogens is 372 g/mol. The third-order valence-corrected chi connectivity index (χ3v) is 7.80. The molecule has 7 nitrogen and oxygen atoms in total. The Morgan fingerprint density at radius 3 is 2.97 bits per heavy atom. The van der Waals surface area contributed by atoms with Gasteiger partial charge in [-0.3, -0.25) is 4.90 Å². The Morgan fingerprint density at radius 2 is 2.17 bits per heavy atom. The van der Waals surface area contributed by atoms with Gasteiger partial charge in [0.25, 0.3) is 0 Å². The van der Waals surface area contributed by atoms with E-state index in [2.05, 4.69) is 11.0 Å². The first-order chi connectivity index (χ1) is 14.0. The average Bonchev–Trinajstić information content (AvgIpc) is 3.31. The van der Waals surface area contributed by atoms with E-state index >= 15 is 0 Å². The third kappa shape index (κ3) is 1.96. The predicted octanol–water partition coefficient (Wildman–Crippen LogP) is 1.95. The van der Waals surface area contributed by atoms with Crippen molar-refractivity contribution in [3.63, 3.8) is 0 Å². The summed E-state index contributed by atoms with van der Waals surface area (Å²) < 4.78 is 18.8. The molecule has 4 aliphatic heterocycles. The number of benzene rings is 1. The van der Waals surface area contributed by atoms with Crippen molar-refractivity contribution in [1.82, 2.24) is 9.47 Å². The van der Waals surface area contributed by atoms with Crippen molar-refractivity contribution in [2.45, 2.75) is 43.6 Å². The highest BCUT2D eigenvalue weighted by atomic mass is 16.5. The lowest BCUT2D eigenvalue weighted by atomic mass is 9.61. The Labute approximate surface area is 169 Å².